The third kappa shape index (κ3) is 14.0. The fourth-order valence-electron chi connectivity index (χ4n) is 2.98. The summed E-state index contributed by atoms with van der Waals surface area (Å²) in [5.74, 6) is -2.77. The standard InChI is InChI=1S/C22H38O8/c1-5-20(25)28-16(3)18(22(27)30-17(4)29-21(26)6-2)14-12-10-8-7-9-11-13-15-19(23)24/h16-18H,5-15H2,1-4H3,(H,23,24). The fraction of sp³-hybridized carbons (Fsp3) is 0.818. The molecule has 0 aromatic rings. The normalized spacial score (nSPS) is 13.7. The van der Waals surface area contributed by atoms with Crippen LogP contribution < -0.4 is 0 Å². The maximum atomic E-state index is 12.6. The second kappa shape index (κ2) is 16.7. The average Bonchev–Trinajstić information content (AvgIpc) is 2.68. The molecule has 0 aromatic carbocycles. The van der Waals surface area contributed by atoms with Crippen LogP contribution in [0.1, 0.15) is 98.3 Å². The molecule has 8 heteroatoms. The molecule has 0 fully saturated rings. The molecule has 0 saturated heterocycles. The predicted molar refractivity (Wildman–Crippen MR) is 110 cm³/mol. The highest BCUT2D eigenvalue weighted by Gasteiger charge is 2.30. The maximum Gasteiger partial charge on any atom is 0.315 e. The number of ether oxygens (including phenoxy) is 3. The number of rotatable bonds is 17. The highest BCUT2D eigenvalue weighted by atomic mass is 16.7. The number of carboxylic acids is 1. The van der Waals surface area contributed by atoms with E-state index >= 15 is 0 Å². The molecule has 174 valence electrons. The van der Waals surface area contributed by atoms with Crippen molar-refractivity contribution in [3.63, 3.8) is 0 Å². The summed E-state index contributed by atoms with van der Waals surface area (Å²) in [7, 11) is 0. The van der Waals surface area contributed by atoms with E-state index in [-0.39, 0.29) is 25.2 Å². The van der Waals surface area contributed by atoms with Crippen molar-refractivity contribution in [1.29, 1.82) is 0 Å². The van der Waals surface area contributed by atoms with Crippen LogP contribution in [0.25, 0.3) is 0 Å². The van der Waals surface area contributed by atoms with Crippen molar-refractivity contribution < 1.29 is 38.5 Å². The Morgan fingerprint density at radius 2 is 1.23 bits per heavy atom. The molecular formula is C22H38O8. The number of hydrogen-bond acceptors (Lipinski definition) is 7. The fourth-order valence-corrected chi connectivity index (χ4v) is 2.98. The Morgan fingerprint density at radius 3 is 1.77 bits per heavy atom. The Bertz CT molecular complexity index is 531. The third-order valence-corrected chi connectivity index (χ3v) is 4.75. The van der Waals surface area contributed by atoms with Gasteiger partial charge in [0.1, 0.15) is 6.10 Å². The SMILES string of the molecule is CCC(=O)OC(C)OC(=O)C(CCCCCCCCCC(=O)O)C(C)OC(=O)CC. The average molecular weight is 431 g/mol. The summed E-state index contributed by atoms with van der Waals surface area (Å²) < 4.78 is 15.5. The van der Waals surface area contributed by atoms with E-state index in [4.69, 9.17) is 19.3 Å². The van der Waals surface area contributed by atoms with E-state index in [1.54, 1.807) is 20.8 Å². The number of hydrogen-bond donors (Lipinski definition) is 1. The summed E-state index contributed by atoms with van der Waals surface area (Å²) in [6, 6.07) is 0. The van der Waals surface area contributed by atoms with Crippen LogP contribution in [-0.2, 0) is 33.4 Å². The van der Waals surface area contributed by atoms with Crippen molar-refractivity contribution in [2.45, 2.75) is 111 Å². The summed E-state index contributed by atoms with van der Waals surface area (Å²) in [6.45, 7) is 6.49. The smallest absolute Gasteiger partial charge is 0.315 e. The van der Waals surface area contributed by atoms with Crippen LogP contribution in [0.3, 0.4) is 0 Å². The first-order valence-corrected chi connectivity index (χ1v) is 11.0. The highest BCUT2D eigenvalue weighted by Crippen LogP contribution is 2.21. The molecule has 0 radical (unpaired) electrons. The van der Waals surface area contributed by atoms with Crippen molar-refractivity contribution in [3.8, 4) is 0 Å². The van der Waals surface area contributed by atoms with E-state index in [0.717, 1.165) is 38.5 Å². The predicted octanol–water partition coefficient (Wildman–Crippen LogP) is 4.38. The van der Waals surface area contributed by atoms with Gasteiger partial charge in [-0.1, -0.05) is 52.4 Å². The zero-order valence-electron chi connectivity index (χ0n) is 18.8. The Kier molecular flexibility index (Phi) is 15.5. The Morgan fingerprint density at radius 1 is 0.733 bits per heavy atom. The van der Waals surface area contributed by atoms with Crippen molar-refractivity contribution in [2.24, 2.45) is 5.92 Å². The minimum atomic E-state index is -0.993. The molecule has 1 N–H and O–H groups in total. The van der Waals surface area contributed by atoms with Gasteiger partial charge in [-0.05, 0) is 19.8 Å². The molecule has 3 unspecified atom stereocenters. The summed E-state index contributed by atoms with van der Waals surface area (Å²) in [6.07, 6.45) is 5.78. The maximum absolute atomic E-state index is 12.6. The van der Waals surface area contributed by atoms with Crippen molar-refractivity contribution >= 4 is 23.9 Å². The van der Waals surface area contributed by atoms with Gasteiger partial charge >= 0.3 is 23.9 Å². The van der Waals surface area contributed by atoms with Gasteiger partial charge in [0.25, 0.3) is 0 Å². The minimum absolute atomic E-state index is 0.187. The van der Waals surface area contributed by atoms with Gasteiger partial charge in [0.05, 0.1) is 5.92 Å². The van der Waals surface area contributed by atoms with Gasteiger partial charge < -0.3 is 19.3 Å². The third-order valence-electron chi connectivity index (χ3n) is 4.75. The summed E-state index contributed by atoms with van der Waals surface area (Å²) in [5.41, 5.74) is 0. The lowest BCUT2D eigenvalue weighted by Gasteiger charge is -2.24. The van der Waals surface area contributed by atoms with Gasteiger partial charge in [-0.25, -0.2) is 0 Å². The Labute approximate surface area is 179 Å². The molecule has 30 heavy (non-hydrogen) atoms. The van der Waals surface area contributed by atoms with Gasteiger partial charge in [-0.2, -0.15) is 0 Å². The van der Waals surface area contributed by atoms with Crippen molar-refractivity contribution in [1.82, 2.24) is 0 Å². The molecule has 0 aliphatic heterocycles. The van der Waals surface area contributed by atoms with E-state index in [2.05, 4.69) is 0 Å². The minimum Gasteiger partial charge on any atom is -0.481 e. The summed E-state index contributed by atoms with van der Waals surface area (Å²) in [5, 5.41) is 8.61. The van der Waals surface area contributed by atoms with Crippen molar-refractivity contribution in [2.75, 3.05) is 0 Å². The number of unbranched alkanes of at least 4 members (excludes halogenated alkanes) is 6. The van der Waals surface area contributed by atoms with Gasteiger partial charge in [0.2, 0.25) is 6.29 Å². The molecule has 3 atom stereocenters. The van der Waals surface area contributed by atoms with Gasteiger partial charge in [0.15, 0.2) is 0 Å². The molecule has 0 spiro atoms. The second-order valence-electron chi connectivity index (χ2n) is 7.41. The first-order chi connectivity index (χ1) is 14.2. The van der Waals surface area contributed by atoms with E-state index in [9.17, 15) is 19.2 Å². The molecule has 0 amide bonds. The molecule has 0 saturated carbocycles. The number of aliphatic carboxylic acids is 1. The van der Waals surface area contributed by atoms with Crippen LogP contribution in [0.5, 0.6) is 0 Å². The molecule has 0 bridgehead atoms. The lowest BCUT2D eigenvalue weighted by Crippen LogP contribution is -2.34. The van der Waals surface area contributed by atoms with Crippen LogP contribution in [0.15, 0.2) is 0 Å². The highest BCUT2D eigenvalue weighted by molar-refractivity contribution is 5.75. The number of carbonyl (C=O) groups is 4. The Hall–Kier alpha value is -2.12. The molecule has 0 rings (SSSR count). The van der Waals surface area contributed by atoms with Gasteiger partial charge in [-0.15, -0.1) is 0 Å². The lowest BCUT2D eigenvalue weighted by atomic mass is 9.95. The number of carbonyl (C=O) groups excluding carboxylic acids is 3. The Balaban J connectivity index is 4.46. The lowest BCUT2D eigenvalue weighted by molar-refractivity contribution is -0.190. The zero-order valence-corrected chi connectivity index (χ0v) is 18.8. The van der Waals surface area contributed by atoms with Crippen LogP contribution in [-0.4, -0.2) is 41.4 Å². The van der Waals surface area contributed by atoms with E-state index < -0.39 is 36.2 Å². The molecular weight excluding hydrogens is 392 g/mol. The second-order valence-corrected chi connectivity index (χ2v) is 7.41. The monoisotopic (exact) mass is 430 g/mol. The van der Waals surface area contributed by atoms with Crippen LogP contribution in [0, 0.1) is 5.92 Å². The molecule has 0 heterocycles. The topological polar surface area (TPSA) is 116 Å². The number of carboxylic acid groups (broad SMARTS) is 1. The van der Waals surface area contributed by atoms with Crippen LogP contribution in [0.2, 0.25) is 0 Å². The first kappa shape index (κ1) is 27.9. The van der Waals surface area contributed by atoms with Crippen molar-refractivity contribution in [3.05, 3.63) is 0 Å². The van der Waals surface area contributed by atoms with Crippen LogP contribution in [0.4, 0.5) is 0 Å². The largest absolute Gasteiger partial charge is 0.481 e. The summed E-state index contributed by atoms with van der Waals surface area (Å²) >= 11 is 0. The number of esters is 3. The van der Waals surface area contributed by atoms with Crippen LogP contribution >= 0.6 is 0 Å². The molecule has 0 aliphatic carbocycles. The molecule has 8 nitrogen and oxygen atoms in total. The van der Waals surface area contributed by atoms with Gasteiger partial charge in [-0.3, -0.25) is 19.2 Å². The first-order valence-electron chi connectivity index (χ1n) is 11.0. The summed E-state index contributed by atoms with van der Waals surface area (Å²) in [4.78, 5) is 46.0. The van der Waals surface area contributed by atoms with E-state index in [1.807, 2.05) is 0 Å². The molecule has 0 aromatic heterocycles. The molecule has 0 aliphatic rings. The van der Waals surface area contributed by atoms with Gasteiger partial charge in [0, 0.05) is 26.2 Å². The quantitative estimate of drug-likeness (QED) is 0.205. The van der Waals surface area contributed by atoms with E-state index in [1.165, 1.54) is 6.92 Å². The zero-order chi connectivity index (χ0) is 22.9. The van der Waals surface area contributed by atoms with E-state index in [0.29, 0.717) is 12.8 Å².